The van der Waals surface area contributed by atoms with Crippen molar-refractivity contribution in [1.29, 1.82) is 0 Å². The molecule has 0 aliphatic rings. The maximum Gasteiger partial charge on any atom is 0.418 e. The van der Waals surface area contributed by atoms with Gasteiger partial charge in [0.25, 0.3) is 0 Å². The second-order valence-corrected chi connectivity index (χ2v) is 3.43. The molecule has 90 valence electrons. The second-order valence-electron chi connectivity index (χ2n) is 3.43. The fraction of sp³-hybridized carbons (Fsp3) is 0.182. The van der Waals surface area contributed by atoms with Crippen LogP contribution in [0.1, 0.15) is 11.1 Å². The van der Waals surface area contributed by atoms with Crippen molar-refractivity contribution in [1.82, 2.24) is 5.16 Å². The number of anilines is 1. The second kappa shape index (κ2) is 4.48. The molecule has 0 fully saturated rings. The molecule has 1 N–H and O–H groups in total. The molecule has 0 atom stereocenters. The van der Waals surface area contributed by atoms with E-state index in [4.69, 9.17) is 0 Å². The molecule has 0 aliphatic heterocycles. The van der Waals surface area contributed by atoms with Crippen molar-refractivity contribution in [2.24, 2.45) is 0 Å². The van der Waals surface area contributed by atoms with Crippen molar-refractivity contribution in [3.63, 3.8) is 0 Å². The molecule has 0 saturated carbocycles. The molecule has 0 amide bonds. The number of para-hydroxylation sites is 1. The first-order valence-electron chi connectivity index (χ1n) is 4.86. The number of benzene rings is 1. The summed E-state index contributed by atoms with van der Waals surface area (Å²) >= 11 is 0. The molecule has 2 rings (SSSR count). The van der Waals surface area contributed by atoms with Gasteiger partial charge in [0, 0.05) is 17.8 Å². The zero-order valence-electron chi connectivity index (χ0n) is 8.66. The highest BCUT2D eigenvalue weighted by molar-refractivity contribution is 5.52. The quantitative estimate of drug-likeness (QED) is 0.897. The number of nitrogens with zero attached hydrogens (tertiary/aromatic N) is 1. The first-order chi connectivity index (χ1) is 8.07. The van der Waals surface area contributed by atoms with Crippen LogP contribution in [0, 0.1) is 0 Å². The lowest BCUT2D eigenvalue weighted by Crippen LogP contribution is -2.10. The maximum atomic E-state index is 12.6. The number of hydrogen-bond acceptors (Lipinski definition) is 3. The Kier molecular flexibility index (Phi) is 3.03. The van der Waals surface area contributed by atoms with Gasteiger partial charge in [0.2, 0.25) is 0 Å². The third-order valence-electron chi connectivity index (χ3n) is 2.20. The number of aromatic nitrogens is 1. The van der Waals surface area contributed by atoms with E-state index in [0.717, 1.165) is 6.07 Å². The number of hydrogen-bond donors (Lipinski definition) is 1. The van der Waals surface area contributed by atoms with Gasteiger partial charge < -0.3 is 9.84 Å². The highest BCUT2D eigenvalue weighted by Crippen LogP contribution is 2.34. The molecule has 0 radical (unpaired) electrons. The minimum absolute atomic E-state index is 0.0428. The summed E-state index contributed by atoms with van der Waals surface area (Å²) < 4.78 is 42.5. The van der Waals surface area contributed by atoms with Gasteiger partial charge >= 0.3 is 6.18 Å². The Bertz CT molecular complexity index is 480. The lowest BCUT2D eigenvalue weighted by atomic mass is 10.1. The van der Waals surface area contributed by atoms with Crippen LogP contribution >= 0.6 is 0 Å². The van der Waals surface area contributed by atoms with Crippen LogP contribution in [0.3, 0.4) is 0 Å². The summed E-state index contributed by atoms with van der Waals surface area (Å²) in [6.07, 6.45) is -1.54. The molecule has 1 heterocycles. The van der Waals surface area contributed by atoms with Gasteiger partial charge in [0.15, 0.2) is 0 Å². The van der Waals surface area contributed by atoms with Gasteiger partial charge in [0.1, 0.15) is 6.26 Å². The number of rotatable bonds is 3. The standard InChI is InChI=1S/C11H9F3N2O/c12-11(13,14)9-3-1-2-4-10(9)15-5-8-6-16-17-7-8/h1-4,6-7,15H,5H2. The highest BCUT2D eigenvalue weighted by Gasteiger charge is 2.32. The number of halogens is 3. The lowest BCUT2D eigenvalue weighted by molar-refractivity contribution is -0.136. The Hall–Kier alpha value is -1.98. The Morgan fingerprint density at radius 2 is 2.00 bits per heavy atom. The van der Waals surface area contributed by atoms with E-state index < -0.39 is 11.7 Å². The van der Waals surface area contributed by atoms with Gasteiger partial charge in [-0.05, 0) is 12.1 Å². The summed E-state index contributed by atoms with van der Waals surface area (Å²) in [5.74, 6) is 0. The van der Waals surface area contributed by atoms with E-state index in [1.807, 2.05) is 0 Å². The van der Waals surface area contributed by atoms with Crippen molar-refractivity contribution >= 4 is 5.69 Å². The first kappa shape index (κ1) is 11.5. The molecular weight excluding hydrogens is 233 g/mol. The van der Waals surface area contributed by atoms with E-state index in [0.29, 0.717) is 5.56 Å². The molecule has 1 aromatic carbocycles. The van der Waals surface area contributed by atoms with Crippen molar-refractivity contribution < 1.29 is 17.7 Å². The summed E-state index contributed by atoms with van der Waals surface area (Å²) in [5.41, 5.74) is 0.0413. The van der Waals surface area contributed by atoms with Gasteiger partial charge in [-0.15, -0.1) is 0 Å². The monoisotopic (exact) mass is 242 g/mol. The molecule has 0 spiro atoms. The van der Waals surface area contributed by atoms with Gasteiger partial charge in [-0.25, -0.2) is 0 Å². The maximum absolute atomic E-state index is 12.6. The van der Waals surface area contributed by atoms with E-state index in [-0.39, 0.29) is 12.2 Å². The molecule has 0 bridgehead atoms. The Balaban J connectivity index is 2.16. The van der Waals surface area contributed by atoms with Crippen LogP contribution in [0.4, 0.5) is 18.9 Å². The summed E-state index contributed by atoms with van der Waals surface area (Å²) in [5, 5.41) is 6.17. The van der Waals surface area contributed by atoms with Gasteiger partial charge in [-0.3, -0.25) is 0 Å². The smallest absolute Gasteiger partial charge is 0.380 e. The topological polar surface area (TPSA) is 38.1 Å². The molecule has 6 heteroatoms. The van der Waals surface area contributed by atoms with E-state index in [9.17, 15) is 13.2 Å². The van der Waals surface area contributed by atoms with E-state index in [2.05, 4.69) is 15.0 Å². The zero-order chi connectivity index (χ0) is 12.3. The van der Waals surface area contributed by atoms with Crippen LogP contribution < -0.4 is 5.32 Å². The van der Waals surface area contributed by atoms with Gasteiger partial charge in [-0.2, -0.15) is 13.2 Å². The summed E-state index contributed by atoms with van der Waals surface area (Å²) in [6.45, 7) is 0.233. The average Bonchev–Trinajstić information content (AvgIpc) is 2.78. The Morgan fingerprint density at radius 3 is 2.65 bits per heavy atom. The van der Waals surface area contributed by atoms with Crippen LogP contribution in [0.2, 0.25) is 0 Å². The largest absolute Gasteiger partial charge is 0.418 e. The van der Waals surface area contributed by atoms with Crippen molar-refractivity contribution in [3.05, 3.63) is 47.9 Å². The zero-order valence-corrected chi connectivity index (χ0v) is 8.66. The van der Waals surface area contributed by atoms with Crippen LogP contribution in [0.15, 0.2) is 41.2 Å². The molecule has 1 aromatic heterocycles. The van der Waals surface area contributed by atoms with Crippen molar-refractivity contribution in [2.45, 2.75) is 12.7 Å². The molecule has 2 aromatic rings. The Labute approximate surface area is 95.2 Å². The number of nitrogens with one attached hydrogen (secondary N) is 1. The highest BCUT2D eigenvalue weighted by atomic mass is 19.4. The minimum Gasteiger partial charge on any atom is -0.380 e. The van der Waals surface area contributed by atoms with E-state index >= 15 is 0 Å². The Morgan fingerprint density at radius 1 is 1.24 bits per heavy atom. The van der Waals surface area contributed by atoms with Gasteiger partial charge in [0.05, 0.1) is 11.8 Å². The lowest BCUT2D eigenvalue weighted by Gasteiger charge is -2.13. The van der Waals surface area contributed by atoms with Crippen LogP contribution in [0.25, 0.3) is 0 Å². The predicted molar refractivity (Wildman–Crippen MR) is 55.3 cm³/mol. The predicted octanol–water partition coefficient (Wildman–Crippen LogP) is 3.31. The van der Waals surface area contributed by atoms with Crippen molar-refractivity contribution in [3.8, 4) is 0 Å². The summed E-state index contributed by atoms with van der Waals surface area (Å²) in [7, 11) is 0. The average molecular weight is 242 g/mol. The van der Waals surface area contributed by atoms with Crippen LogP contribution in [-0.2, 0) is 12.7 Å². The molecule has 3 nitrogen and oxygen atoms in total. The summed E-state index contributed by atoms with van der Waals surface area (Å²) in [6, 6.07) is 5.32. The molecule has 17 heavy (non-hydrogen) atoms. The minimum atomic E-state index is -4.36. The fourth-order valence-corrected chi connectivity index (χ4v) is 1.40. The molecule has 0 saturated heterocycles. The van der Waals surface area contributed by atoms with E-state index in [1.165, 1.54) is 24.6 Å². The summed E-state index contributed by atoms with van der Waals surface area (Å²) in [4.78, 5) is 0. The molecular formula is C11H9F3N2O. The third kappa shape index (κ3) is 2.77. The molecule has 0 unspecified atom stereocenters. The third-order valence-corrected chi connectivity index (χ3v) is 2.20. The normalized spacial score (nSPS) is 11.5. The van der Waals surface area contributed by atoms with Crippen LogP contribution in [-0.4, -0.2) is 5.16 Å². The van der Waals surface area contributed by atoms with Gasteiger partial charge in [-0.1, -0.05) is 17.3 Å². The fourth-order valence-electron chi connectivity index (χ4n) is 1.40. The van der Waals surface area contributed by atoms with E-state index in [1.54, 1.807) is 6.07 Å². The van der Waals surface area contributed by atoms with Crippen LogP contribution in [0.5, 0.6) is 0 Å². The first-order valence-corrected chi connectivity index (χ1v) is 4.86. The van der Waals surface area contributed by atoms with Crippen molar-refractivity contribution in [2.75, 3.05) is 5.32 Å². The number of alkyl halides is 3. The SMILES string of the molecule is FC(F)(F)c1ccccc1NCc1cnoc1. The molecule has 0 aliphatic carbocycles.